The van der Waals surface area contributed by atoms with Crippen LogP contribution in [0.2, 0.25) is 0 Å². The highest BCUT2D eigenvalue weighted by molar-refractivity contribution is 5.23. The molecule has 0 spiro atoms. The van der Waals surface area contributed by atoms with Crippen molar-refractivity contribution in [2.24, 2.45) is 0 Å². The Morgan fingerprint density at radius 3 is 2.29 bits per heavy atom. The van der Waals surface area contributed by atoms with E-state index in [0.29, 0.717) is 5.57 Å². The molecule has 1 nitrogen and oxygen atoms in total. The molecule has 40 valence electrons. The maximum atomic E-state index is 8.57. The number of aliphatic hydroxyl groups is 1. The molecule has 0 radical (unpaired) electrons. The number of hydrogen-bond acceptors (Lipinski definition) is 1. The van der Waals surface area contributed by atoms with Crippen molar-refractivity contribution in [1.29, 1.82) is 0 Å². The van der Waals surface area contributed by atoms with Crippen LogP contribution >= 0.6 is 0 Å². The fourth-order valence-electron chi connectivity index (χ4n) is 0.148. The average Bonchev–Trinajstić information content (AvgIpc) is 1.65. The third-order valence-electron chi connectivity index (χ3n) is 0.711. The Hall–Kier alpha value is -0.690. The average molecular weight is 97.1 g/mol. The fourth-order valence-corrected chi connectivity index (χ4v) is 0.148. The first kappa shape index (κ1) is 6.31. The Balaban J connectivity index is 3.56. The largest absolute Gasteiger partial charge is 0.426 e. The van der Waals surface area contributed by atoms with Gasteiger partial charge in [-0.15, -0.1) is 0 Å². The Morgan fingerprint density at radius 2 is 2.29 bits per heavy atom. The second kappa shape index (κ2) is 2.48. The van der Waals surface area contributed by atoms with Crippen LogP contribution in [0.15, 0.2) is 24.8 Å². The molecular weight excluding hydrogens is 88.1 g/mol. The first-order valence-electron chi connectivity index (χ1n) is 2.02. The van der Waals surface area contributed by atoms with Crippen LogP contribution < -0.4 is 0 Å². The van der Waals surface area contributed by atoms with E-state index in [1.165, 1.54) is 6.08 Å². The van der Waals surface area contributed by atoms with E-state index < -0.39 is 0 Å². The molecule has 0 unspecified atom stereocenters. The Kier molecular flexibility index (Phi) is 2.23. The van der Waals surface area contributed by atoms with Gasteiger partial charge in [-0.05, 0) is 0 Å². The van der Waals surface area contributed by atoms with E-state index in [1.54, 1.807) is 6.92 Å². The third kappa shape index (κ3) is 2.06. The van der Waals surface area contributed by atoms with Gasteiger partial charge in [-0.3, -0.25) is 0 Å². The van der Waals surface area contributed by atoms with Crippen LogP contribution in [0.5, 0.6) is 0 Å². The van der Waals surface area contributed by atoms with E-state index >= 15 is 0 Å². The topological polar surface area (TPSA) is 20.2 Å². The molecule has 0 saturated heterocycles. The summed E-state index contributed by atoms with van der Waals surface area (Å²) >= 11 is 0. The highest BCUT2D eigenvalue weighted by Gasteiger charge is 1.81. The highest BCUT2D eigenvalue weighted by Crippen LogP contribution is 2.04. The minimum atomic E-state index is 0.231. The SMILES string of the molecule is C=CC(=C)[C-](C)O. The van der Waals surface area contributed by atoms with Crippen LogP contribution in [0.25, 0.3) is 0 Å². The molecule has 0 atom stereocenters. The van der Waals surface area contributed by atoms with E-state index in [2.05, 4.69) is 13.2 Å². The molecule has 0 aromatic carbocycles. The zero-order valence-electron chi connectivity index (χ0n) is 4.44. The van der Waals surface area contributed by atoms with Crippen molar-refractivity contribution in [3.63, 3.8) is 0 Å². The van der Waals surface area contributed by atoms with E-state index in [1.807, 2.05) is 0 Å². The van der Waals surface area contributed by atoms with Crippen LogP contribution in [-0.2, 0) is 0 Å². The van der Waals surface area contributed by atoms with Gasteiger partial charge in [0.25, 0.3) is 0 Å². The summed E-state index contributed by atoms with van der Waals surface area (Å²) in [5, 5.41) is 8.57. The standard InChI is InChI=1S/C6H9O/c1-4-5(2)6(3)7/h4,7H,1-2H2,3H3/q-1. The Bertz CT molecular complexity index is 82.2. The lowest BCUT2D eigenvalue weighted by molar-refractivity contribution is 0.341. The van der Waals surface area contributed by atoms with Crippen LogP contribution in [0.3, 0.4) is 0 Å². The second-order valence-electron chi connectivity index (χ2n) is 1.31. The quantitative estimate of drug-likeness (QED) is 0.410. The van der Waals surface area contributed by atoms with Crippen LogP contribution in [-0.4, -0.2) is 5.11 Å². The van der Waals surface area contributed by atoms with Crippen LogP contribution in [0.1, 0.15) is 6.92 Å². The van der Waals surface area contributed by atoms with Gasteiger partial charge in [0.1, 0.15) is 0 Å². The lowest BCUT2D eigenvalue weighted by atomic mass is 10.2. The second-order valence-corrected chi connectivity index (χ2v) is 1.31. The molecule has 0 fully saturated rings. The zero-order valence-corrected chi connectivity index (χ0v) is 4.44. The maximum absolute atomic E-state index is 8.57. The normalized spacial score (nSPS) is 7.71. The molecule has 0 amide bonds. The highest BCUT2D eigenvalue weighted by atomic mass is 16.3. The van der Waals surface area contributed by atoms with Gasteiger partial charge in [0.2, 0.25) is 0 Å². The summed E-state index contributed by atoms with van der Waals surface area (Å²) in [4.78, 5) is 0. The lowest BCUT2D eigenvalue weighted by Crippen LogP contribution is -1.87. The Labute approximate surface area is 44.0 Å². The minimum absolute atomic E-state index is 0.231. The van der Waals surface area contributed by atoms with Gasteiger partial charge in [-0.2, -0.15) is 24.8 Å². The molecular formula is C6H9O-. The third-order valence-corrected chi connectivity index (χ3v) is 0.711. The summed E-state index contributed by atoms with van der Waals surface area (Å²) in [6.45, 7) is 8.44. The predicted octanol–water partition coefficient (Wildman–Crippen LogP) is 1.65. The van der Waals surface area contributed by atoms with Gasteiger partial charge in [-0.25, -0.2) is 0 Å². The first-order chi connectivity index (χ1) is 3.18. The lowest BCUT2D eigenvalue weighted by Gasteiger charge is -2.09. The molecule has 1 heteroatoms. The predicted molar refractivity (Wildman–Crippen MR) is 30.2 cm³/mol. The summed E-state index contributed by atoms with van der Waals surface area (Å²) in [5.41, 5.74) is 0.583. The number of aliphatic hydroxyl groups excluding tert-OH is 1. The van der Waals surface area contributed by atoms with Gasteiger partial charge in [0.15, 0.2) is 0 Å². The summed E-state index contributed by atoms with van der Waals surface area (Å²) in [5.74, 6) is 0. The number of hydrogen-bond donors (Lipinski definition) is 1. The Morgan fingerprint density at radius 1 is 1.86 bits per heavy atom. The van der Waals surface area contributed by atoms with Crippen molar-refractivity contribution >= 4 is 0 Å². The van der Waals surface area contributed by atoms with Crippen molar-refractivity contribution in [1.82, 2.24) is 0 Å². The van der Waals surface area contributed by atoms with E-state index in [-0.39, 0.29) is 6.10 Å². The van der Waals surface area contributed by atoms with Crippen molar-refractivity contribution in [2.45, 2.75) is 6.92 Å². The number of rotatable bonds is 2. The van der Waals surface area contributed by atoms with Crippen LogP contribution in [0, 0.1) is 6.10 Å². The maximum Gasteiger partial charge on any atom is -0.0577 e. The summed E-state index contributed by atoms with van der Waals surface area (Å²) in [7, 11) is 0. The molecule has 0 aliphatic carbocycles. The van der Waals surface area contributed by atoms with Crippen molar-refractivity contribution < 1.29 is 5.11 Å². The van der Waals surface area contributed by atoms with Crippen molar-refractivity contribution in [3.05, 3.63) is 30.9 Å². The molecule has 0 aromatic rings. The summed E-state index contributed by atoms with van der Waals surface area (Å²) in [6, 6.07) is 0. The van der Waals surface area contributed by atoms with E-state index in [9.17, 15) is 0 Å². The van der Waals surface area contributed by atoms with Crippen molar-refractivity contribution in [3.8, 4) is 0 Å². The summed E-state index contributed by atoms with van der Waals surface area (Å²) in [6.07, 6.45) is 1.74. The van der Waals surface area contributed by atoms with Crippen molar-refractivity contribution in [2.75, 3.05) is 0 Å². The molecule has 0 rings (SSSR count). The summed E-state index contributed by atoms with van der Waals surface area (Å²) < 4.78 is 0. The van der Waals surface area contributed by atoms with Gasteiger partial charge < -0.3 is 5.11 Å². The minimum Gasteiger partial charge on any atom is -0.426 e. The molecule has 0 bridgehead atoms. The molecule has 0 heterocycles. The molecule has 7 heavy (non-hydrogen) atoms. The van der Waals surface area contributed by atoms with Gasteiger partial charge in [0.05, 0.1) is 0 Å². The monoisotopic (exact) mass is 97.1 g/mol. The molecule has 0 aliphatic heterocycles. The van der Waals surface area contributed by atoms with Crippen LogP contribution in [0.4, 0.5) is 0 Å². The van der Waals surface area contributed by atoms with Gasteiger partial charge >= 0.3 is 0 Å². The zero-order chi connectivity index (χ0) is 5.86. The van der Waals surface area contributed by atoms with E-state index in [0.717, 1.165) is 0 Å². The smallest absolute Gasteiger partial charge is 0.0577 e. The van der Waals surface area contributed by atoms with Gasteiger partial charge in [-0.1, -0.05) is 13.0 Å². The molecule has 0 aromatic heterocycles. The molecule has 0 saturated carbocycles. The molecule has 1 N–H and O–H groups in total. The fraction of sp³-hybridized carbons (Fsp3) is 0.167. The van der Waals surface area contributed by atoms with E-state index in [4.69, 9.17) is 5.11 Å². The van der Waals surface area contributed by atoms with Gasteiger partial charge in [0, 0.05) is 0 Å². The first-order valence-corrected chi connectivity index (χ1v) is 2.02. The molecule has 0 aliphatic rings.